The minimum absolute atomic E-state index is 0.160. The molecule has 4 aromatic rings. The summed E-state index contributed by atoms with van der Waals surface area (Å²) in [7, 11) is 1.63. The Balaban J connectivity index is 1.75. The molecule has 27 heavy (non-hydrogen) atoms. The Morgan fingerprint density at radius 1 is 1.15 bits per heavy atom. The van der Waals surface area contributed by atoms with E-state index in [1.807, 2.05) is 49.4 Å². The van der Waals surface area contributed by atoms with Crippen LogP contribution in [0.15, 0.2) is 54.7 Å². The highest BCUT2D eigenvalue weighted by Crippen LogP contribution is 2.30. The third-order valence-corrected chi connectivity index (χ3v) is 4.99. The lowest BCUT2D eigenvalue weighted by Gasteiger charge is -2.00. The smallest absolute Gasteiger partial charge is 0.206 e. The third kappa shape index (κ3) is 3.20. The third-order valence-electron chi connectivity index (χ3n) is 4.57. The van der Waals surface area contributed by atoms with Crippen molar-refractivity contribution >= 4 is 45.3 Å². The molecule has 0 fully saturated rings. The van der Waals surface area contributed by atoms with Gasteiger partial charge in [-0.1, -0.05) is 29.8 Å². The summed E-state index contributed by atoms with van der Waals surface area (Å²) in [6.45, 7) is 1.93. The number of hydrogen-bond acceptors (Lipinski definition) is 3. The number of nitrogens with one attached hydrogen (secondary N) is 1. The number of ketones is 1. The molecule has 134 valence electrons. The molecule has 0 unspecified atom stereocenters. The maximum atomic E-state index is 12.8. The molecular formula is C22H17ClN2O2. The summed E-state index contributed by atoms with van der Waals surface area (Å²) in [6, 6.07) is 13.3. The van der Waals surface area contributed by atoms with Crippen LogP contribution in [-0.2, 0) is 0 Å². The number of carbonyl (C=O) groups excluding carboxylic acids is 1. The molecule has 0 amide bonds. The highest BCUT2D eigenvalue weighted by Gasteiger charge is 2.14. The number of carbonyl (C=O) groups is 1. The number of methoxy groups -OCH3 is 1. The standard InChI is InChI=1S/C22H17ClN2O2/c1-13-11-14(3-6-18(13)23)4-8-20(26)22-21-16(9-10-24-22)17-12-15(27-2)5-7-19(17)25-21/h3-12,25H,1-2H3/b8-4+. The number of benzene rings is 2. The molecule has 4 nitrogen and oxygen atoms in total. The van der Waals surface area contributed by atoms with Crippen molar-refractivity contribution in [3.05, 3.63) is 76.6 Å². The van der Waals surface area contributed by atoms with Crippen LogP contribution in [0.4, 0.5) is 0 Å². The minimum atomic E-state index is -0.160. The van der Waals surface area contributed by atoms with Crippen molar-refractivity contribution in [3.63, 3.8) is 0 Å². The van der Waals surface area contributed by atoms with Crippen LogP contribution in [0.5, 0.6) is 5.75 Å². The van der Waals surface area contributed by atoms with E-state index < -0.39 is 0 Å². The van der Waals surface area contributed by atoms with Gasteiger partial charge in [-0.15, -0.1) is 0 Å². The fourth-order valence-corrected chi connectivity index (χ4v) is 3.26. The second-order valence-electron chi connectivity index (χ2n) is 6.32. The summed E-state index contributed by atoms with van der Waals surface area (Å²) in [5.41, 5.74) is 3.94. The Kier molecular flexibility index (Phi) is 4.42. The Morgan fingerprint density at radius 3 is 2.78 bits per heavy atom. The number of nitrogens with zero attached hydrogens (tertiary/aromatic N) is 1. The van der Waals surface area contributed by atoms with Gasteiger partial charge in [0.1, 0.15) is 11.4 Å². The zero-order chi connectivity index (χ0) is 19.0. The Labute approximate surface area is 161 Å². The predicted molar refractivity (Wildman–Crippen MR) is 110 cm³/mol. The first-order chi connectivity index (χ1) is 13.1. The van der Waals surface area contributed by atoms with Crippen LogP contribution in [0.1, 0.15) is 21.6 Å². The van der Waals surface area contributed by atoms with Crippen LogP contribution in [0, 0.1) is 6.92 Å². The molecule has 0 saturated heterocycles. The molecule has 0 atom stereocenters. The number of halogens is 1. The number of aromatic nitrogens is 2. The van der Waals surface area contributed by atoms with Gasteiger partial charge >= 0.3 is 0 Å². The summed E-state index contributed by atoms with van der Waals surface area (Å²) in [6.07, 6.45) is 4.97. The summed E-state index contributed by atoms with van der Waals surface area (Å²) < 4.78 is 5.31. The van der Waals surface area contributed by atoms with E-state index in [1.54, 1.807) is 19.4 Å². The molecule has 0 aliphatic carbocycles. The number of H-pyrrole nitrogens is 1. The van der Waals surface area contributed by atoms with Crippen LogP contribution in [0.25, 0.3) is 27.9 Å². The molecule has 0 bridgehead atoms. The van der Waals surface area contributed by atoms with Crippen molar-refractivity contribution in [2.24, 2.45) is 0 Å². The molecule has 0 aliphatic heterocycles. The maximum absolute atomic E-state index is 12.8. The van der Waals surface area contributed by atoms with Crippen LogP contribution in [0.2, 0.25) is 5.02 Å². The van der Waals surface area contributed by atoms with E-state index in [0.29, 0.717) is 10.7 Å². The fourth-order valence-electron chi connectivity index (χ4n) is 3.14. The molecule has 5 heteroatoms. The van der Waals surface area contributed by atoms with Gasteiger partial charge in [-0.05, 0) is 54.5 Å². The van der Waals surface area contributed by atoms with Gasteiger partial charge in [-0.2, -0.15) is 0 Å². The van der Waals surface area contributed by atoms with Crippen LogP contribution in [-0.4, -0.2) is 22.9 Å². The van der Waals surface area contributed by atoms with Gasteiger partial charge in [0, 0.05) is 27.5 Å². The second kappa shape index (κ2) is 6.89. The molecule has 0 spiro atoms. The van der Waals surface area contributed by atoms with E-state index in [4.69, 9.17) is 16.3 Å². The zero-order valence-electron chi connectivity index (χ0n) is 14.9. The van der Waals surface area contributed by atoms with E-state index in [9.17, 15) is 4.79 Å². The quantitative estimate of drug-likeness (QED) is 0.373. The summed E-state index contributed by atoms with van der Waals surface area (Å²) in [5.74, 6) is 0.609. The average Bonchev–Trinajstić information content (AvgIpc) is 3.06. The molecule has 1 N–H and O–H groups in total. The summed E-state index contributed by atoms with van der Waals surface area (Å²) >= 11 is 6.05. The van der Waals surface area contributed by atoms with Gasteiger partial charge in [0.05, 0.1) is 12.6 Å². The van der Waals surface area contributed by atoms with E-state index in [2.05, 4.69) is 9.97 Å². The molecule has 0 saturated carbocycles. The number of allylic oxidation sites excluding steroid dienone is 1. The highest BCUT2D eigenvalue weighted by atomic mass is 35.5. The van der Waals surface area contributed by atoms with E-state index in [1.165, 1.54) is 6.08 Å². The maximum Gasteiger partial charge on any atom is 0.206 e. The lowest BCUT2D eigenvalue weighted by molar-refractivity contribution is 0.104. The van der Waals surface area contributed by atoms with Crippen molar-refractivity contribution in [2.75, 3.05) is 7.11 Å². The number of ether oxygens (including phenoxy) is 1. The highest BCUT2D eigenvalue weighted by molar-refractivity contribution is 6.31. The number of rotatable bonds is 4. The van der Waals surface area contributed by atoms with Gasteiger partial charge < -0.3 is 9.72 Å². The van der Waals surface area contributed by atoms with Crippen molar-refractivity contribution in [3.8, 4) is 5.75 Å². The van der Waals surface area contributed by atoms with Crippen molar-refractivity contribution in [1.82, 2.24) is 9.97 Å². The molecular weight excluding hydrogens is 360 g/mol. The van der Waals surface area contributed by atoms with Crippen molar-refractivity contribution < 1.29 is 9.53 Å². The van der Waals surface area contributed by atoms with Gasteiger partial charge in [0.15, 0.2) is 0 Å². The molecule has 0 radical (unpaired) electrons. The van der Waals surface area contributed by atoms with E-state index in [0.717, 1.165) is 38.7 Å². The topological polar surface area (TPSA) is 55.0 Å². The van der Waals surface area contributed by atoms with Gasteiger partial charge in [-0.3, -0.25) is 9.78 Å². The monoisotopic (exact) mass is 376 g/mol. The Hall–Kier alpha value is -3.11. The summed E-state index contributed by atoms with van der Waals surface area (Å²) in [4.78, 5) is 20.4. The second-order valence-corrected chi connectivity index (χ2v) is 6.73. The number of hydrogen-bond donors (Lipinski definition) is 1. The first kappa shape index (κ1) is 17.3. The van der Waals surface area contributed by atoms with Crippen LogP contribution in [0.3, 0.4) is 0 Å². The fraction of sp³-hybridized carbons (Fsp3) is 0.0909. The predicted octanol–water partition coefficient (Wildman–Crippen LogP) is 5.58. The van der Waals surface area contributed by atoms with Crippen molar-refractivity contribution in [2.45, 2.75) is 6.92 Å². The molecule has 0 aliphatic rings. The van der Waals surface area contributed by atoms with Gasteiger partial charge in [0.25, 0.3) is 0 Å². The average molecular weight is 377 g/mol. The zero-order valence-corrected chi connectivity index (χ0v) is 15.7. The Bertz CT molecular complexity index is 1210. The largest absolute Gasteiger partial charge is 0.497 e. The Morgan fingerprint density at radius 2 is 2.00 bits per heavy atom. The van der Waals surface area contributed by atoms with Gasteiger partial charge in [-0.25, -0.2) is 0 Å². The number of fused-ring (bicyclic) bond motifs is 3. The first-order valence-corrected chi connectivity index (χ1v) is 8.87. The SMILES string of the molecule is COc1ccc2[nH]c3c(C(=O)/C=C/c4ccc(Cl)c(C)c4)nccc3c2c1. The van der Waals surface area contributed by atoms with Crippen LogP contribution >= 0.6 is 11.6 Å². The lowest BCUT2D eigenvalue weighted by atomic mass is 10.1. The number of aryl methyl sites for hydroxylation is 1. The first-order valence-electron chi connectivity index (χ1n) is 8.50. The minimum Gasteiger partial charge on any atom is -0.497 e. The normalized spacial score (nSPS) is 11.5. The summed E-state index contributed by atoms with van der Waals surface area (Å²) in [5, 5.41) is 2.65. The number of pyridine rings is 1. The van der Waals surface area contributed by atoms with Gasteiger partial charge in [0.2, 0.25) is 5.78 Å². The van der Waals surface area contributed by atoms with E-state index >= 15 is 0 Å². The van der Waals surface area contributed by atoms with E-state index in [-0.39, 0.29) is 5.78 Å². The number of aromatic amines is 1. The van der Waals surface area contributed by atoms with Crippen molar-refractivity contribution in [1.29, 1.82) is 0 Å². The lowest BCUT2D eigenvalue weighted by Crippen LogP contribution is -1.99. The molecule has 4 rings (SSSR count). The molecule has 2 heterocycles. The van der Waals surface area contributed by atoms with Crippen LogP contribution < -0.4 is 4.74 Å². The molecule has 2 aromatic heterocycles. The molecule has 2 aromatic carbocycles.